The summed E-state index contributed by atoms with van der Waals surface area (Å²) in [6, 6.07) is 27.9. The summed E-state index contributed by atoms with van der Waals surface area (Å²) in [5.74, 6) is -4.07. The summed E-state index contributed by atoms with van der Waals surface area (Å²) in [4.78, 5) is 42.5. The number of rotatable bonds is 12. The predicted octanol–water partition coefficient (Wildman–Crippen LogP) is 7.87. The highest BCUT2D eigenvalue weighted by atomic mass is 79.9. The Bertz CT molecular complexity index is 1800. The van der Waals surface area contributed by atoms with Crippen molar-refractivity contribution in [1.82, 2.24) is 0 Å². The minimum atomic E-state index is -1.76. The van der Waals surface area contributed by atoms with Gasteiger partial charge >= 0.3 is 0 Å². The van der Waals surface area contributed by atoms with Crippen molar-refractivity contribution in [1.29, 1.82) is 0 Å². The molecule has 4 atom stereocenters. The monoisotopic (exact) mass is 726 g/mol. The molecule has 4 unspecified atom stereocenters. The van der Waals surface area contributed by atoms with E-state index in [1.807, 2.05) is 87.5 Å². The third-order valence-corrected chi connectivity index (χ3v) is 9.63. The maximum absolute atomic E-state index is 14.4. The summed E-state index contributed by atoms with van der Waals surface area (Å²) in [6.45, 7) is 7.94. The molecule has 3 N–H and O–H groups in total. The van der Waals surface area contributed by atoms with E-state index in [1.165, 1.54) is 6.92 Å². The molecule has 1 aliphatic rings. The number of carbonyl (C=O) groups excluding carboxylic acids is 3. The number of nitrogens with one attached hydrogen (secondary N) is 2. The smallest absolute Gasteiger partial charge is 0.235 e. The molecule has 1 aliphatic carbocycles. The van der Waals surface area contributed by atoms with Crippen molar-refractivity contribution in [2.75, 3.05) is 17.2 Å². The van der Waals surface area contributed by atoms with E-state index in [1.54, 1.807) is 24.3 Å². The van der Waals surface area contributed by atoms with Crippen LogP contribution in [0.1, 0.15) is 62.3 Å². The number of halogens is 1. The average Bonchev–Trinajstić information content (AvgIpc) is 3.08. The van der Waals surface area contributed by atoms with Crippen LogP contribution < -0.4 is 20.1 Å². The Labute approximate surface area is 296 Å². The van der Waals surface area contributed by atoms with Crippen LogP contribution in [0.3, 0.4) is 0 Å². The van der Waals surface area contributed by atoms with E-state index in [9.17, 15) is 19.5 Å². The van der Waals surface area contributed by atoms with Crippen molar-refractivity contribution >= 4 is 44.9 Å². The van der Waals surface area contributed by atoms with E-state index in [0.717, 1.165) is 21.2 Å². The van der Waals surface area contributed by atoms with E-state index < -0.39 is 41.0 Å². The molecule has 1 fully saturated rings. The molecule has 0 bridgehead atoms. The molecule has 49 heavy (non-hydrogen) atoms. The molecule has 2 amide bonds. The van der Waals surface area contributed by atoms with Crippen molar-refractivity contribution in [3.63, 3.8) is 0 Å². The number of aryl methyl sites for hydroxylation is 2. The lowest BCUT2D eigenvalue weighted by atomic mass is 9.61. The summed E-state index contributed by atoms with van der Waals surface area (Å²) in [5, 5.41) is 17.9. The first-order valence-corrected chi connectivity index (χ1v) is 17.5. The Balaban J connectivity index is 1.58. The third kappa shape index (κ3) is 8.23. The van der Waals surface area contributed by atoms with Crippen molar-refractivity contribution in [2.24, 2.45) is 11.8 Å². The van der Waals surface area contributed by atoms with Crippen molar-refractivity contribution in [2.45, 2.75) is 65.1 Å². The molecule has 0 heterocycles. The Morgan fingerprint density at radius 3 is 2.00 bits per heavy atom. The van der Waals surface area contributed by atoms with Gasteiger partial charge in [0.15, 0.2) is 11.5 Å². The number of ketones is 1. The van der Waals surface area contributed by atoms with Gasteiger partial charge in [-0.25, -0.2) is 0 Å². The molecule has 5 rings (SSSR count). The first-order chi connectivity index (χ1) is 23.6. The zero-order valence-electron chi connectivity index (χ0n) is 28.3. The Morgan fingerprint density at radius 1 is 0.816 bits per heavy atom. The predicted molar refractivity (Wildman–Crippen MR) is 195 cm³/mol. The fourth-order valence-electron chi connectivity index (χ4n) is 6.68. The average molecular weight is 728 g/mol. The van der Waals surface area contributed by atoms with Crippen LogP contribution in [0.15, 0.2) is 95.5 Å². The second-order valence-corrected chi connectivity index (χ2v) is 13.5. The van der Waals surface area contributed by atoms with Gasteiger partial charge in [-0.05, 0) is 85.3 Å². The van der Waals surface area contributed by atoms with Crippen LogP contribution in [0.5, 0.6) is 11.5 Å². The number of para-hydroxylation sites is 2. The molecular weight excluding hydrogens is 684 g/mol. The number of amides is 2. The number of hydrogen-bond donors (Lipinski definition) is 3. The maximum Gasteiger partial charge on any atom is 0.235 e. The van der Waals surface area contributed by atoms with Crippen LogP contribution in [0.25, 0.3) is 0 Å². The normalized spacial score (nSPS) is 20.4. The van der Waals surface area contributed by atoms with Gasteiger partial charge in [0.2, 0.25) is 11.8 Å². The molecule has 0 saturated heterocycles. The quantitative estimate of drug-likeness (QED) is 0.128. The molecule has 0 spiro atoms. The van der Waals surface area contributed by atoms with E-state index in [4.69, 9.17) is 9.47 Å². The standard InChI is InChI=1S/C40H43BrN2O6/c1-5-26-12-8-10-14-30(26)42-38(45)36-32(44)23-40(4,47)37(39(46)43-31-15-11-9-13-27(31)6-2)35(36)28-18-21-33(34(22-28)48-7-3)49-24-25-16-19-29(41)20-17-25/h8-22,35-37,47H,5-7,23-24H2,1-4H3,(H,42,45)(H,43,46). The number of aliphatic hydroxyl groups is 1. The lowest BCUT2D eigenvalue weighted by molar-refractivity contribution is -0.150. The van der Waals surface area contributed by atoms with Crippen LogP contribution in [0.4, 0.5) is 11.4 Å². The van der Waals surface area contributed by atoms with Gasteiger partial charge in [0.05, 0.1) is 18.1 Å². The maximum atomic E-state index is 14.4. The Hall–Kier alpha value is -4.47. The number of ether oxygens (including phenoxy) is 2. The Kier molecular flexibility index (Phi) is 11.6. The summed E-state index contributed by atoms with van der Waals surface area (Å²) < 4.78 is 13.1. The van der Waals surface area contributed by atoms with Crippen LogP contribution >= 0.6 is 15.9 Å². The highest BCUT2D eigenvalue weighted by Gasteiger charge is 2.56. The van der Waals surface area contributed by atoms with E-state index in [0.29, 0.717) is 47.9 Å². The first kappa shape index (κ1) is 35.8. The van der Waals surface area contributed by atoms with Crippen LogP contribution in [0, 0.1) is 11.8 Å². The lowest BCUT2D eigenvalue weighted by Crippen LogP contribution is -2.56. The van der Waals surface area contributed by atoms with Gasteiger partial charge in [-0.15, -0.1) is 0 Å². The van der Waals surface area contributed by atoms with Gasteiger partial charge < -0.3 is 25.2 Å². The number of anilines is 2. The van der Waals surface area contributed by atoms with Crippen molar-refractivity contribution < 1.29 is 29.0 Å². The zero-order valence-corrected chi connectivity index (χ0v) is 29.9. The molecule has 4 aromatic rings. The number of hydrogen-bond acceptors (Lipinski definition) is 6. The van der Waals surface area contributed by atoms with Gasteiger partial charge in [0.1, 0.15) is 18.3 Å². The summed E-state index contributed by atoms with van der Waals surface area (Å²) in [7, 11) is 0. The molecule has 1 saturated carbocycles. The molecule has 8 nitrogen and oxygen atoms in total. The highest BCUT2D eigenvalue weighted by molar-refractivity contribution is 9.10. The van der Waals surface area contributed by atoms with Gasteiger partial charge in [-0.2, -0.15) is 0 Å². The van der Waals surface area contributed by atoms with E-state index in [-0.39, 0.29) is 13.0 Å². The van der Waals surface area contributed by atoms with Crippen LogP contribution in [-0.4, -0.2) is 34.9 Å². The number of Topliss-reactive ketones (excluding diaryl/α,β-unsaturated/α-hetero) is 1. The highest BCUT2D eigenvalue weighted by Crippen LogP contribution is 2.48. The van der Waals surface area contributed by atoms with Gasteiger partial charge in [-0.1, -0.05) is 84.4 Å². The SMILES string of the molecule is CCOc1cc(C2C(C(=O)Nc3ccccc3CC)C(=O)CC(C)(O)C2C(=O)Nc2ccccc2CC)ccc1OCc1ccc(Br)cc1. The zero-order chi connectivity index (χ0) is 35.1. The lowest BCUT2D eigenvalue weighted by Gasteiger charge is -2.44. The third-order valence-electron chi connectivity index (χ3n) is 9.10. The van der Waals surface area contributed by atoms with Crippen LogP contribution in [0.2, 0.25) is 0 Å². The topological polar surface area (TPSA) is 114 Å². The minimum Gasteiger partial charge on any atom is -0.490 e. The molecule has 256 valence electrons. The summed E-state index contributed by atoms with van der Waals surface area (Å²) in [6.07, 6.45) is 0.993. The van der Waals surface area contributed by atoms with Crippen molar-refractivity contribution in [3.8, 4) is 11.5 Å². The number of carbonyl (C=O) groups is 3. The molecule has 0 aliphatic heterocycles. The van der Waals surface area contributed by atoms with Gasteiger partial charge in [-0.3, -0.25) is 14.4 Å². The molecule has 9 heteroatoms. The summed E-state index contributed by atoms with van der Waals surface area (Å²) >= 11 is 3.45. The van der Waals surface area contributed by atoms with Crippen molar-refractivity contribution in [3.05, 3.63) is 118 Å². The van der Waals surface area contributed by atoms with E-state index >= 15 is 0 Å². The van der Waals surface area contributed by atoms with E-state index in [2.05, 4.69) is 26.6 Å². The minimum absolute atomic E-state index is 0.285. The fraction of sp³-hybridized carbons (Fsp3) is 0.325. The number of benzene rings is 4. The molecule has 0 aromatic heterocycles. The fourth-order valence-corrected chi connectivity index (χ4v) is 6.94. The second-order valence-electron chi connectivity index (χ2n) is 12.5. The molecule has 4 aromatic carbocycles. The van der Waals surface area contributed by atoms with Gasteiger partial charge in [0, 0.05) is 28.2 Å². The first-order valence-electron chi connectivity index (χ1n) is 16.7. The summed E-state index contributed by atoms with van der Waals surface area (Å²) in [5.41, 5.74) is 2.76. The second kappa shape index (κ2) is 15.8. The van der Waals surface area contributed by atoms with Crippen LogP contribution in [-0.2, 0) is 33.8 Å². The Morgan fingerprint density at radius 2 is 1.41 bits per heavy atom. The van der Waals surface area contributed by atoms with Gasteiger partial charge in [0.25, 0.3) is 0 Å². The molecular formula is C40H43BrN2O6. The molecule has 0 radical (unpaired) electrons. The largest absolute Gasteiger partial charge is 0.490 e.